The van der Waals surface area contributed by atoms with Crippen LogP contribution in [0.4, 0.5) is 0 Å². The Morgan fingerprint density at radius 2 is 1.81 bits per heavy atom. The second-order valence-electron chi connectivity index (χ2n) is 5.67. The highest BCUT2D eigenvalue weighted by atomic mass is 16.5. The van der Waals surface area contributed by atoms with Gasteiger partial charge in [-0.3, -0.25) is 0 Å². The van der Waals surface area contributed by atoms with E-state index in [2.05, 4.69) is 6.07 Å². The number of aromatic carboxylic acids is 1. The molecule has 0 amide bonds. The Kier molecular flexibility index (Phi) is 4.90. The normalized spacial score (nSPS) is 10.2. The van der Waals surface area contributed by atoms with Crippen molar-refractivity contribution in [3.05, 3.63) is 72.1 Å². The largest absolute Gasteiger partial charge is 0.482 e. The minimum atomic E-state index is -1.07. The van der Waals surface area contributed by atoms with Gasteiger partial charge in [-0.2, -0.15) is 5.26 Å². The van der Waals surface area contributed by atoms with Gasteiger partial charge in [0.2, 0.25) is 0 Å². The van der Waals surface area contributed by atoms with Crippen molar-refractivity contribution in [2.45, 2.75) is 0 Å². The number of aromatic nitrogens is 1. The third kappa shape index (κ3) is 3.96. The van der Waals surface area contributed by atoms with E-state index in [0.717, 1.165) is 0 Å². The monoisotopic (exact) mass is 362 g/mol. The van der Waals surface area contributed by atoms with E-state index >= 15 is 0 Å². The van der Waals surface area contributed by atoms with E-state index in [9.17, 15) is 14.9 Å². The van der Waals surface area contributed by atoms with Crippen LogP contribution < -0.4 is 4.74 Å². The third-order valence-corrected chi connectivity index (χ3v) is 3.87. The summed E-state index contributed by atoms with van der Waals surface area (Å²) in [5.41, 5.74) is 2.67. The van der Waals surface area contributed by atoms with Crippen molar-refractivity contribution in [1.82, 2.24) is 4.57 Å². The summed E-state index contributed by atoms with van der Waals surface area (Å²) in [5, 5.41) is 27.2. The fraction of sp³-hybridized carbons (Fsp3) is 0.0500. The fourth-order valence-corrected chi connectivity index (χ4v) is 2.60. The number of rotatable bonds is 6. The highest BCUT2D eigenvalue weighted by Crippen LogP contribution is 2.29. The third-order valence-electron chi connectivity index (χ3n) is 3.87. The van der Waals surface area contributed by atoms with Gasteiger partial charge in [0.1, 0.15) is 11.8 Å². The first-order valence-corrected chi connectivity index (χ1v) is 7.89. The maximum absolute atomic E-state index is 11.0. The molecule has 0 saturated heterocycles. The summed E-state index contributed by atoms with van der Waals surface area (Å²) in [6.07, 6.45) is 3.40. The molecule has 3 rings (SSSR count). The van der Waals surface area contributed by atoms with Crippen LogP contribution in [0.15, 0.2) is 60.9 Å². The molecule has 1 heterocycles. The molecule has 0 saturated carbocycles. The first-order chi connectivity index (χ1) is 13.0. The Labute approximate surface area is 154 Å². The lowest BCUT2D eigenvalue weighted by atomic mass is 10.1. The van der Waals surface area contributed by atoms with Gasteiger partial charge >= 0.3 is 11.9 Å². The summed E-state index contributed by atoms with van der Waals surface area (Å²) in [6, 6.07) is 15.2. The zero-order chi connectivity index (χ0) is 19.4. The van der Waals surface area contributed by atoms with Crippen molar-refractivity contribution < 1.29 is 24.5 Å². The number of hydrogen-bond donors (Lipinski definition) is 2. The van der Waals surface area contributed by atoms with E-state index in [4.69, 9.17) is 14.9 Å². The molecule has 0 aliphatic rings. The van der Waals surface area contributed by atoms with Crippen molar-refractivity contribution in [3.63, 3.8) is 0 Å². The standard InChI is InChI=1S/C20H14N2O5/c21-9-15-10-22(16-6-4-13(5-7-16)20(25)26)11-18(15)14-2-1-3-17(8-14)27-12-19(23)24/h1-8,10-11H,12H2,(H,23,24)(H,25,26). The zero-order valence-corrected chi connectivity index (χ0v) is 14.0. The smallest absolute Gasteiger partial charge is 0.341 e. The van der Waals surface area contributed by atoms with E-state index in [0.29, 0.717) is 28.1 Å². The molecule has 134 valence electrons. The first kappa shape index (κ1) is 17.8. The van der Waals surface area contributed by atoms with E-state index in [1.807, 2.05) is 0 Å². The number of ether oxygens (including phenoxy) is 1. The van der Waals surface area contributed by atoms with Crippen LogP contribution in [0.5, 0.6) is 5.75 Å². The number of nitrogens with zero attached hydrogens (tertiary/aromatic N) is 2. The number of hydrogen-bond acceptors (Lipinski definition) is 4. The van der Waals surface area contributed by atoms with Crippen molar-refractivity contribution in [2.24, 2.45) is 0 Å². The summed E-state index contributed by atoms with van der Waals surface area (Å²) < 4.78 is 6.91. The van der Waals surface area contributed by atoms with Crippen LogP contribution in [-0.2, 0) is 4.79 Å². The highest BCUT2D eigenvalue weighted by Gasteiger charge is 2.12. The quantitative estimate of drug-likeness (QED) is 0.696. The molecular formula is C20H14N2O5. The van der Waals surface area contributed by atoms with Gasteiger partial charge in [0.15, 0.2) is 6.61 Å². The van der Waals surface area contributed by atoms with Crippen molar-refractivity contribution in [3.8, 4) is 28.6 Å². The van der Waals surface area contributed by atoms with E-state index in [1.165, 1.54) is 12.1 Å². The van der Waals surface area contributed by atoms with Gasteiger partial charge in [0.05, 0.1) is 11.1 Å². The fourth-order valence-electron chi connectivity index (χ4n) is 2.60. The Morgan fingerprint density at radius 3 is 2.44 bits per heavy atom. The highest BCUT2D eigenvalue weighted by molar-refractivity contribution is 5.87. The summed E-state index contributed by atoms with van der Waals surface area (Å²) in [7, 11) is 0. The molecule has 0 spiro atoms. The number of aliphatic carboxylic acids is 1. The maximum atomic E-state index is 11.0. The minimum Gasteiger partial charge on any atom is -0.482 e. The van der Waals surface area contributed by atoms with E-state index < -0.39 is 18.5 Å². The van der Waals surface area contributed by atoms with Gasteiger partial charge in [-0.25, -0.2) is 9.59 Å². The molecule has 0 aliphatic carbocycles. The van der Waals surface area contributed by atoms with Crippen molar-refractivity contribution in [1.29, 1.82) is 5.26 Å². The molecule has 1 aromatic heterocycles. The van der Waals surface area contributed by atoms with Crippen LogP contribution in [-0.4, -0.2) is 33.3 Å². The number of carboxylic acids is 2. The average Bonchev–Trinajstić information content (AvgIpc) is 3.11. The van der Waals surface area contributed by atoms with Crippen LogP contribution in [0.3, 0.4) is 0 Å². The molecule has 2 aromatic carbocycles. The molecule has 7 heteroatoms. The summed E-state index contributed by atoms with van der Waals surface area (Å²) >= 11 is 0. The Bertz CT molecular complexity index is 1040. The Balaban J connectivity index is 1.95. The average molecular weight is 362 g/mol. The van der Waals surface area contributed by atoms with Crippen LogP contribution >= 0.6 is 0 Å². The summed E-state index contributed by atoms with van der Waals surface area (Å²) in [5.74, 6) is -1.70. The second kappa shape index (κ2) is 7.45. The molecule has 0 fully saturated rings. The molecule has 2 N–H and O–H groups in total. The molecule has 27 heavy (non-hydrogen) atoms. The van der Waals surface area contributed by atoms with Crippen LogP contribution in [0.25, 0.3) is 16.8 Å². The Hall–Kier alpha value is -4.05. The lowest BCUT2D eigenvalue weighted by Crippen LogP contribution is -2.09. The van der Waals surface area contributed by atoms with Gasteiger partial charge in [-0.1, -0.05) is 12.1 Å². The van der Waals surface area contributed by atoms with Crippen LogP contribution in [0.1, 0.15) is 15.9 Å². The molecule has 0 bridgehead atoms. The Morgan fingerprint density at radius 1 is 1.07 bits per heavy atom. The van der Waals surface area contributed by atoms with E-state index in [-0.39, 0.29) is 5.56 Å². The first-order valence-electron chi connectivity index (χ1n) is 7.89. The van der Waals surface area contributed by atoms with Crippen molar-refractivity contribution >= 4 is 11.9 Å². The van der Waals surface area contributed by atoms with Crippen LogP contribution in [0.2, 0.25) is 0 Å². The van der Waals surface area contributed by atoms with Gasteiger partial charge in [-0.15, -0.1) is 0 Å². The molecule has 0 unspecified atom stereocenters. The van der Waals surface area contributed by atoms with Crippen molar-refractivity contribution in [2.75, 3.05) is 6.61 Å². The lowest BCUT2D eigenvalue weighted by molar-refractivity contribution is -0.139. The van der Waals surface area contributed by atoms with Gasteiger partial charge in [-0.05, 0) is 42.0 Å². The number of nitriles is 1. The van der Waals surface area contributed by atoms with Gasteiger partial charge in [0, 0.05) is 23.6 Å². The molecule has 0 atom stereocenters. The van der Waals surface area contributed by atoms with E-state index in [1.54, 1.807) is 53.4 Å². The molecule has 3 aromatic rings. The van der Waals surface area contributed by atoms with Crippen LogP contribution in [0, 0.1) is 11.3 Å². The van der Waals surface area contributed by atoms with Gasteiger partial charge in [0.25, 0.3) is 0 Å². The molecule has 0 radical (unpaired) electrons. The van der Waals surface area contributed by atoms with Gasteiger partial charge < -0.3 is 19.5 Å². The number of benzene rings is 2. The second-order valence-corrected chi connectivity index (χ2v) is 5.67. The number of carboxylic acid groups (broad SMARTS) is 2. The predicted octanol–water partition coefficient (Wildman–Crippen LogP) is 3.18. The predicted molar refractivity (Wildman–Crippen MR) is 96.0 cm³/mol. The SMILES string of the molecule is N#Cc1cn(-c2ccc(C(=O)O)cc2)cc1-c1cccc(OCC(=O)O)c1. The molecule has 0 aliphatic heterocycles. The summed E-state index contributed by atoms with van der Waals surface area (Å²) in [6.45, 7) is -0.453. The summed E-state index contributed by atoms with van der Waals surface area (Å²) in [4.78, 5) is 21.6. The molecular weight excluding hydrogens is 348 g/mol. The maximum Gasteiger partial charge on any atom is 0.341 e. The molecule has 7 nitrogen and oxygen atoms in total. The zero-order valence-electron chi connectivity index (χ0n) is 14.0. The topological polar surface area (TPSA) is 113 Å². The lowest BCUT2D eigenvalue weighted by Gasteiger charge is -2.06. The number of carbonyl (C=O) groups is 2. The minimum absolute atomic E-state index is 0.176.